The Bertz CT molecular complexity index is 1330. The van der Waals surface area contributed by atoms with E-state index in [1.807, 2.05) is 42.6 Å². The molecule has 0 unspecified atom stereocenters. The molecule has 3 aromatic carbocycles. The van der Waals surface area contributed by atoms with Gasteiger partial charge in [0.15, 0.2) is 0 Å². The van der Waals surface area contributed by atoms with Gasteiger partial charge in [0.1, 0.15) is 17.3 Å². The standard InChI is InChI=1S/C27H24FN3O3/c1-33-21-13-14-22(25(16-21)34-2)29-27(32)31-17-19-6-3-4-7-23(19)30-15-5-8-24(30)26(31)18-9-11-20(28)12-10-18/h3-16,26H,17H2,1-2H3,(H,29,32)/t26-/m0/s1. The van der Waals surface area contributed by atoms with Gasteiger partial charge >= 0.3 is 6.03 Å². The summed E-state index contributed by atoms with van der Waals surface area (Å²) >= 11 is 0. The molecule has 2 amide bonds. The van der Waals surface area contributed by atoms with E-state index in [1.54, 1.807) is 49.5 Å². The zero-order valence-electron chi connectivity index (χ0n) is 18.9. The Kier molecular flexibility index (Phi) is 5.67. The van der Waals surface area contributed by atoms with Crippen molar-refractivity contribution >= 4 is 11.7 Å². The normalized spacial score (nSPS) is 14.6. The molecule has 1 aliphatic heterocycles. The number of rotatable bonds is 4. The Hall–Kier alpha value is -4.26. The highest BCUT2D eigenvalue weighted by molar-refractivity contribution is 5.92. The van der Waals surface area contributed by atoms with E-state index in [0.29, 0.717) is 23.7 Å². The van der Waals surface area contributed by atoms with Crippen molar-refractivity contribution in [3.63, 3.8) is 0 Å². The van der Waals surface area contributed by atoms with Gasteiger partial charge in [-0.1, -0.05) is 30.3 Å². The largest absolute Gasteiger partial charge is 0.497 e. The molecule has 0 fully saturated rings. The summed E-state index contributed by atoms with van der Waals surface area (Å²) < 4.78 is 26.6. The fourth-order valence-corrected chi connectivity index (χ4v) is 4.42. The van der Waals surface area contributed by atoms with Gasteiger partial charge in [-0.05, 0) is 53.6 Å². The second kappa shape index (κ2) is 8.94. The van der Waals surface area contributed by atoms with E-state index in [0.717, 1.165) is 22.5 Å². The third kappa shape index (κ3) is 3.85. The predicted molar refractivity (Wildman–Crippen MR) is 128 cm³/mol. The molecule has 34 heavy (non-hydrogen) atoms. The molecule has 172 valence electrons. The zero-order valence-corrected chi connectivity index (χ0v) is 18.9. The molecule has 0 radical (unpaired) electrons. The molecule has 6 nitrogen and oxygen atoms in total. The Morgan fingerprint density at radius 3 is 2.53 bits per heavy atom. The lowest BCUT2D eigenvalue weighted by molar-refractivity contribution is 0.194. The van der Waals surface area contributed by atoms with Gasteiger partial charge < -0.3 is 24.3 Å². The van der Waals surface area contributed by atoms with Crippen LogP contribution >= 0.6 is 0 Å². The molecule has 1 aromatic heterocycles. The van der Waals surface area contributed by atoms with Gasteiger partial charge in [0.25, 0.3) is 0 Å². The molecular weight excluding hydrogens is 433 g/mol. The van der Waals surface area contributed by atoms with Crippen LogP contribution in [0.15, 0.2) is 85.1 Å². The van der Waals surface area contributed by atoms with Gasteiger partial charge in [-0.3, -0.25) is 0 Å². The Morgan fingerprint density at radius 1 is 0.971 bits per heavy atom. The van der Waals surface area contributed by atoms with Crippen LogP contribution in [-0.4, -0.2) is 29.7 Å². The number of hydrogen-bond donors (Lipinski definition) is 1. The number of halogens is 1. The number of nitrogens with zero attached hydrogens (tertiary/aromatic N) is 2. The number of ether oxygens (including phenoxy) is 2. The summed E-state index contributed by atoms with van der Waals surface area (Å²) in [5.74, 6) is 0.792. The van der Waals surface area contributed by atoms with Gasteiger partial charge in [0.2, 0.25) is 0 Å². The van der Waals surface area contributed by atoms with Crippen LogP contribution in [0.3, 0.4) is 0 Å². The topological polar surface area (TPSA) is 55.7 Å². The van der Waals surface area contributed by atoms with Crippen molar-refractivity contribution in [1.29, 1.82) is 0 Å². The SMILES string of the molecule is COc1ccc(NC(=O)N2Cc3ccccc3-n3cccc3[C@@H]2c2ccc(F)cc2)c(OC)c1. The Labute approximate surface area is 197 Å². The van der Waals surface area contributed by atoms with Gasteiger partial charge in [0.05, 0.1) is 38.2 Å². The van der Waals surface area contributed by atoms with E-state index in [4.69, 9.17) is 9.47 Å². The maximum absolute atomic E-state index is 13.8. The van der Waals surface area contributed by atoms with E-state index < -0.39 is 6.04 Å². The van der Waals surface area contributed by atoms with Crippen LogP contribution in [0.1, 0.15) is 22.9 Å². The first-order valence-electron chi connectivity index (χ1n) is 10.9. The number of urea groups is 1. The van der Waals surface area contributed by atoms with Crippen molar-refractivity contribution in [3.8, 4) is 17.2 Å². The fourth-order valence-electron chi connectivity index (χ4n) is 4.42. The summed E-state index contributed by atoms with van der Waals surface area (Å²) in [5, 5.41) is 3.00. The summed E-state index contributed by atoms with van der Waals surface area (Å²) in [6.07, 6.45) is 1.98. The van der Waals surface area contributed by atoms with Crippen LogP contribution in [-0.2, 0) is 6.54 Å². The average Bonchev–Trinajstić information content (AvgIpc) is 3.29. The van der Waals surface area contributed by atoms with Crippen LogP contribution in [0, 0.1) is 5.82 Å². The van der Waals surface area contributed by atoms with Crippen LogP contribution in [0.2, 0.25) is 0 Å². The van der Waals surface area contributed by atoms with Crippen molar-refractivity contribution in [3.05, 3.63) is 108 Å². The van der Waals surface area contributed by atoms with Crippen molar-refractivity contribution in [1.82, 2.24) is 9.47 Å². The third-order valence-electron chi connectivity index (χ3n) is 6.06. The molecule has 0 spiro atoms. The highest BCUT2D eigenvalue weighted by atomic mass is 19.1. The van der Waals surface area contributed by atoms with E-state index >= 15 is 0 Å². The lowest BCUT2D eigenvalue weighted by Crippen LogP contribution is -2.38. The molecule has 0 saturated heterocycles. The molecule has 1 N–H and O–H groups in total. The number of carbonyl (C=O) groups is 1. The number of nitrogens with one attached hydrogen (secondary N) is 1. The number of fused-ring (bicyclic) bond motifs is 3. The van der Waals surface area contributed by atoms with Crippen LogP contribution in [0.5, 0.6) is 11.5 Å². The van der Waals surface area contributed by atoms with E-state index in [9.17, 15) is 9.18 Å². The molecule has 7 heteroatoms. The summed E-state index contributed by atoms with van der Waals surface area (Å²) in [7, 11) is 3.12. The number of para-hydroxylation sites is 1. The highest BCUT2D eigenvalue weighted by Crippen LogP contribution is 2.37. The number of benzene rings is 3. The first-order chi connectivity index (χ1) is 16.6. The minimum atomic E-state index is -0.438. The average molecular weight is 458 g/mol. The lowest BCUT2D eigenvalue weighted by atomic mass is 10.0. The molecule has 5 rings (SSSR count). The monoisotopic (exact) mass is 457 g/mol. The number of carbonyl (C=O) groups excluding carboxylic acids is 1. The Balaban J connectivity index is 1.60. The second-order valence-corrected chi connectivity index (χ2v) is 8.01. The van der Waals surface area contributed by atoms with Crippen molar-refractivity contribution in [2.24, 2.45) is 0 Å². The highest BCUT2D eigenvalue weighted by Gasteiger charge is 2.33. The minimum Gasteiger partial charge on any atom is -0.497 e. The molecule has 0 aliphatic carbocycles. The number of anilines is 1. The van der Waals surface area contributed by atoms with Crippen LogP contribution in [0.4, 0.5) is 14.9 Å². The fraction of sp³-hybridized carbons (Fsp3) is 0.148. The molecule has 1 aliphatic rings. The van der Waals surface area contributed by atoms with E-state index in [2.05, 4.69) is 9.88 Å². The summed E-state index contributed by atoms with van der Waals surface area (Å²) in [6, 6.07) is 22.7. The quantitative estimate of drug-likeness (QED) is 0.423. The van der Waals surface area contributed by atoms with E-state index in [1.165, 1.54) is 12.1 Å². The second-order valence-electron chi connectivity index (χ2n) is 8.01. The van der Waals surface area contributed by atoms with Gasteiger partial charge in [-0.15, -0.1) is 0 Å². The first kappa shape index (κ1) is 21.6. The maximum Gasteiger partial charge on any atom is 0.323 e. The smallest absolute Gasteiger partial charge is 0.323 e. The molecule has 0 bridgehead atoms. The first-order valence-corrected chi connectivity index (χ1v) is 10.9. The Morgan fingerprint density at radius 2 is 1.76 bits per heavy atom. The van der Waals surface area contributed by atoms with E-state index in [-0.39, 0.29) is 11.8 Å². The maximum atomic E-state index is 13.8. The molecule has 4 aromatic rings. The van der Waals surface area contributed by atoms with Gasteiger partial charge in [-0.25, -0.2) is 9.18 Å². The van der Waals surface area contributed by atoms with Crippen molar-refractivity contribution in [2.45, 2.75) is 12.6 Å². The number of amides is 2. The number of hydrogen-bond acceptors (Lipinski definition) is 3. The molecule has 1 atom stereocenters. The lowest BCUT2D eigenvalue weighted by Gasteiger charge is -2.31. The number of aromatic nitrogens is 1. The summed E-state index contributed by atoms with van der Waals surface area (Å²) in [4.78, 5) is 15.5. The number of methoxy groups -OCH3 is 2. The summed E-state index contributed by atoms with van der Waals surface area (Å²) in [5.41, 5.74) is 4.26. The predicted octanol–water partition coefficient (Wildman–Crippen LogP) is 5.77. The summed E-state index contributed by atoms with van der Waals surface area (Å²) in [6.45, 7) is 0.365. The van der Waals surface area contributed by atoms with Crippen molar-refractivity contribution < 1.29 is 18.7 Å². The van der Waals surface area contributed by atoms with Gasteiger partial charge in [-0.2, -0.15) is 0 Å². The van der Waals surface area contributed by atoms with Crippen LogP contribution < -0.4 is 14.8 Å². The van der Waals surface area contributed by atoms with Gasteiger partial charge in [0, 0.05) is 18.0 Å². The van der Waals surface area contributed by atoms with Crippen molar-refractivity contribution in [2.75, 3.05) is 19.5 Å². The van der Waals surface area contributed by atoms with Crippen LogP contribution in [0.25, 0.3) is 5.69 Å². The minimum absolute atomic E-state index is 0.303. The zero-order chi connectivity index (χ0) is 23.7. The molecule has 0 saturated carbocycles. The molecule has 2 heterocycles. The third-order valence-corrected chi connectivity index (χ3v) is 6.06. The molecular formula is C27H24FN3O3.